The number of carbonyl (C=O) groups is 1. The van der Waals surface area contributed by atoms with Gasteiger partial charge in [0.25, 0.3) is 0 Å². The molecule has 0 amide bonds. The van der Waals surface area contributed by atoms with E-state index in [1.165, 1.54) is 0 Å². The number of hydrogen-bond donors (Lipinski definition) is 1. The second kappa shape index (κ2) is 4.82. The molecule has 1 N–H and O–H groups in total. The molecule has 2 aromatic rings. The standard InChI is InChI=1S/C15H13N3O2/c16-8-10-7-14(17-13-4-2-1-3-12(10)13)18(9-15(19)20)11-5-6-11/h1-4,7,11H,5-6,9H2,(H,19,20). The van der Waals surface area contributed by atoms with E-state index < -0.39 is 5.97 Å². The first-order valence-electron chi connectivity index (χ1n) is 6.47. The van der Waals surface area contributed by atoms with Crippen LogP contribution in [0.25, 0.3) is 10.9 Å². The molecule has 100 valence electrons. The maximum absolute atomic E-state index is 11.0. The maximum Gasteiger partial charge on any atom is 0.323 e. The summed E-state index contributed by atoms with van der Waals surface area (Å²) in [6.45, 7) is -0.0825. The lowest BCUT2D eigenvalue weighted by Gasteiger charge is -2.22. The normalized spacial score (nSPS) is 13.9. The van der Waals surface area contributed by atoms with E-state index in [9.17, 15) is 10.1 Å². The molecule has 1 aromatic heterocycles. The third kappa shape index (κ3) is 2.28. The fourth-order valence-corrected chi connectivity index (χ4v) is 2.33. The van der Waals surface area contributed by atoms with Crippen LogP contribution in [0.1, 0.15) is 18.4 Å². The average Bonchev–Trinajstić information content (AvgIpc) is 3.28. The van der Waals surface area contributed by atoms with Crippen LogP contribution in [0.5, 0.6) is 0 Å². The fourth-order valence-electron chi connectivity index (χ4n) is 2.33. The van der Waals surface area contributed by atoms with Gasteiger partial charge in [0.1, 0.15) is 12.4 Å². The number of carboxylic acid groups (broad SMARTS) is 1. The van der Waals surface area contributed by atoms with Gasteiger partial charge in [-0.05, 0) is 25.0 Å². The second-order valence-corrected chi connectivity index (χ2v) is 4.91. The third-order valence-corrected chi connectivity index (χ3v) is 3.41. The molecule has 3 rings (SSSR count). The molecule has 5 nitrogen and oxygen atoms in total. The summed E-state index contributed by atoms with van der Waals surface area (Å²) >= 11 is 0. The lowest BCUT2D eigenvalue weighted by Crippen LogP contribution is -2.32. The van der Waals surface area contributed by atoms with Crippen molar-refractivity contribution in [1.82, 2.24) is 4.98 Å². The number of carboxylic acids is 1. The molecule has 0 radical (unpaired) electrons. The zero-order valence-electron chi connectivity index (χ0n) is 10.8. The number of rotatable bonds is 4. The van der Waals surface area contributed by atoms with Gasteiger partial charge in [-0.3, -0.25) is 4.79 Å². The molecule has 0 unspecified atom stereocenters. The topological polar surface area (TPSA) is 77.2 Å². The van der Waals surface area contributed by atoms with Crippen LogP contribution in [-0.4, -0.2) is 28.6 Å². The van der Waals surface area contributed by atoms with Crippen LogP contribution in [0.4, 0.5) is 5.82 Å². The van der Waals surface area contributed by atoms with Gasteiger partial charge in [0.05, 0.1) is 17.1 Å². The van der Waals surface area contributed by atoms with E-state index in [1.54, 1.807) is 11.0 Å². The Balaban J connectivity index is 2.10. The molecule has 5 heteroatoms. The van der Waals surface area contributed by atoms with Crippen molar-refractivity contribution in [2.24, 2.45) is 0 Å². The van der Waals surface area contributed by atoms with Gasteiger partial charge in [-0.15, -0.1) is 0 Å². The van der Waals surface area contributed by atoms with Crippen LogP contribution in [0.15, 0.2) is 30.3 Å². The Morgan fingerprint density at radius 3 is 2.85 bits per heavy atom. The first-order chi connectivity index (χ1) is 9.69. The summed E-state index contributed by atoms with van der Waals surface area (Å²) in [4.78, 5) is 17.3. The van der Waals surface area contributed by atoms with E-state index in [1.807, 2.05) is 24.3 Å². The third-order valence-electron chi connectivity index (χ3n) is 3.41. The average molecular weight is 267 g/mol. The van der Waals surface area contributed by atoms with Crippen molar-refractivity contribution in [3.8, 4) is 6.07 Å². The second-order valence-electron chi connectivity index (χ2n) is 4.91. The zero-order chi connectivity index (χ0) is 14.1. The van der Waals surface area contributed by atoms with Crippen molar-refractivity contribution >= 4 is 22.7 Å². The molecular formula is C15H13N3O2. The number of aromatic nitrogens is 1. The number of aliphatic carboxylic acids is 1. The Kier molecular flexibility index (Phi) is 2.99. The van der Waals surface area contributed by atoms with Crippen molar-refractivity contribution in [3.05, 3.63) is 35.9 Å². The van der Waals surface area contributed by atoms with Crippen LogP contribution in [0.3, 0.4) is 0 Å². The highest BCUT2D eigenvalue weighted by Crippen LogP contribution is 2.32. The fraction of sp³-hybridized carbons (Fsp3) is 0.267. The Morgan fingerprint density at radius 1 is 1.45 bits per heavy atom. The number of hydrogen-bond acceptors (Lipinski definition) is 4. The highest BCUT2D eigenvalue weighted by atomic mass is 16.4. The van der Waals surface area contributed by atoms with Gasteiger partial charge in [0.15, 0.2) is 0 Å². The van der Waals surface area contributed by atoms with Crippen LogP contribution in [0, 0.1) is 11.3 Å². The van der Waals surface area contributed by atoms with E-state index in [4.69, 9.17) is 5.11 Å². The Bertz CT molecular complexity index is 717. The Hall–Kier alpha value is -2.61. The molecule has 1 saturated carbocycles. The molecule has 0 saturated heterocycles. The quantitative estimate of drug-likeness (QED) is 0.918. The van der Waals surface area contributed by atoms with Gasteiger partial charge in [0.2, 0.25) is 0 Å². The molecule has 1 aliphatic carbocycles. The molecule has 1 heterocycles. The number of nitriles is 1. The van der Waals surface area contributed by atoms with Crippen molar-refractivity contribution in [2.75, 3.05) is 11.4 Å². The number of pyridine rings is 1. The zero-order valence-corrected chi connectivity index (χ0v) is 10.8. The lowest BCUT2D eigenvalue weighted by atomic mass is 10.1. The summed E-state index contributed by atoms with van der Waals surface area (Å²) in [5.41, 5.74) is 1.25. The molecular weight excluding hydrogens is 254 g/mol. The molecule has 0 atom stereocenters. The number of fused-ring (bicyclic) bond motifs is 1. The van der Waals surface area contributed by atoms with E-state index >= 15 is 0 Å². The lowest BCUT2D eigenvalue weighted by molar-refractivity contribution is -0.135. The van der Waals surface area contributed by atoms with Gasteiger partial charge >= 0.3 is 5.97 Å². The number of nitrogens with zero attached hydrogens (tertiary/aromatic N) is 3. The molecule has 0 aliphatic heterocycles. The molecule has 0 bridgehead atoms. The van der Waals surface area contributed by atoms with Crippen molar-refractivity contribution in [2.45, 2.75) is 18.9 Å². The van der Waals surface area contributed by atoms with E-state index in [2.05, 4.69) is 11.1 Å². The highest BCUT2D eigenvalue weighted by molar-refractivity contribution is 5.87. The van der Waals surface area contributed by atoms with Crippen molar-refractivity contribution < 1.29 is 9.90 Å². The maximum atomic E-state index is 11.0. The monoisotopic (exact) mass is 267 g/mol. The minimum atomic E-state index is -0.884. The summed E-state index contributed by atoms with van der Waals surface area (Å²) in [5.74, 6) is -0.310. The first-order valence-corrected chi connectivity index (χ1v) is 6.47. The van der Waals surface area contributed by atoms with Gasteiger partial charge in [-0.1, -0.05) is 18.2 Å². The summed E-state index contributed by atoms with van der Waals surface area (Å²) < 4.78 is 0. The van der Waals surface area contributed by atoms with Gasteiger partial charge in [0, 0.05) is 11.4 Å². The minimum absolute atomic E-state index is 0.0825. The predicted molar refractivity (Wildman–Crippen MR) is 74.5 cm³/mol. The number of anilines is 1. The summed E-state index contributed by atoms with van der Waals surface area (Å²) in [7, 11) is 0. The Morgan fingerprint density at radius 2 is 2.20 bits per heavy atom. The van der Waals surface area contributed by atoms with Crippen LogP contribution >= 0.6 is 0 Å². The number of para-hydroxylation sites is 1. The minimum Gasteiger partial charge on any atom is -0.480 e. The van der Waals surface area contributed by atoms with Crippen LogP contribution in [0.2, 0.25) is 0 Å². The van der Waals surface area contributed by atoms with Crippen LogP contribution in [-0.2, 0) is 4.79 Å². The highest BCUT2D eigenvalue weighted by Gasteiger charge is 2.31. The molecule has 0 spiro atoms. The van der Waals surface area contributed by atoms with Crippen molar-refractivity contribution in [1.29, 1.82) is 5.26 Å². The van der Waals surface area contributed by atoms with E-state index in [0.717, 1.165) is 23.7 Å². The summed E-state index contributed by atoms with van der Waals surface area (Å²) in [5, 5.41) is 19.1. The Labute approximate surface area is 116 Å². The molecule has 1 aliphatic rings. The largest absolute Gasteiger partial charge is 0.480 e. The first kappa shape index (κ1) is 12.4. The molecule has 1 aromatic carbocycles. The van der Waals surface area contributed by atoms with Crippen LogP contribution < -0.4 is 4.90 Å². The van der Waals surface area contributed by atoms with Gasteiger partial charge in [-0.25, -0.2) is 4.98 Å². The predicted octanol–water partition coefficient (Wildman–Crippen LogP) is 2.16. The van der Waals surface area contributed by atoms with E-state index in [0.29, 0.717) is 11.4 Å². The van der Waals surface area contributed by atoms with Gasteiger partial charge in [-0.2, -0.15) is 5.26 Å². The van der Waals surface area contributed by atoms with Crippen molar-refractivity contribution in [3.63, 3.8) is 0 Å². The van der Waals surface area contributed by atoms with E-state index in [-0.39, 0.29) is 12.6 Å². The summed E-state index contributed by atoms with van der Waals surface area (Å²) in [6, 6.07) is 11.5. The molecule has 20 heavy (non-hydrogen) atoms. The SMILES string of the molecule is N#Cc1cc(N(CC(=O)O)C2CC2)nc2ccccc12. The van der Waals surface area contributed by atoms with Gasteiger partial charge < -0.3 is 10.0 Å². The summed E-state index contributed by atoms with van der Waals surface area (Å²) in [6.07, 6.45) is 1.95. The molecule has 1 fully saturated rings. The number of benzene rings is 1. The smallest absolute Gasteiger partial charge is 0.323 e.